The molecule has 108 valence electrons. The number of rotatable bonds is 4. The van der Waals surface area contributed by atoms with Gasteiger partial charge in [0, 0.05) is 30.0 Å². The molecule has 1 heterocycles. The zero-order valence-corrected chi connectivity index (χ0v) is 12.4. The molecule has 0 atom stereocenters. The number of anilines is 1. The van der Waals surface area contributed by atoms with Crippen LogP contribution < -0.4 is 4.90 Å². The molecule has 1 aromatic rings. The topological polar surface area (TPSA) is 52.9 Å². The number of fused-ring (bicyclic) bond motifs is 1. The number of hydrogen-bond donors (Lipinski definition) is 1. The van der Waals surface area contributed by atoms with Gasteiger partial charge in [-0.25, -0.2) is 0 Å². The van der Waals surface area contributed by atoms with Crippen molar-refractivity contribution in [2.75, 3.05) is 11.4 Å². The highest BCUT2D eigenvalue weighted by Gasteiger charge is 2.26. The standard InChI is InChI=1S/C15H19ClN2O2/c1-2-3-4-5-15(19)18-9-8-13(17-20)12-10-11(16)6-7-14(12)18/h6-7,10,20H,2-5,8-9H2,1H3/b17-13-. The van der Waals surface area contributed by atoms with E-state index in [1.807, 2.05) is 6.07 Å². The average molecular weight is 295 g/mol. The van der Waals surface area contributed by atoms with E-state index in [9.17, 15) is 4.79 Å². The maximum absolute atomic E-state index is 12.3. The molecule has 0 bridgehead atoms. The number of nitrogens with zero attached hydrogens (tertiary/aromatic N) is 2. The minimum absolute atomic E-state index is 0.124. The van der Waals surface area contributed by atoms with Crippen molar-refractivity contribution in [1.82, 2.24) is 0 Å². The molecule has 0 saturated carbocycles. The fourth-order valence-corrected chi connectivity index (χ4v) is 2.64. The second-order valence-corrected chi connectivity index (χ2v) is 5.40. The summed E-state index contributed by atoms with van der Waals surface area (Å²) in [7, 11) is 0. The molecule has 20 heavy (non-hydrogen) atoms. The Hall–Kier alpha value is -1.55. The maximum Gasteiger partial charge on any atom is 0.227 e. The van der Waals surface area contributed by atoms with Crippen LogP contribution in [0.15, 0.2) is 23.4 Å². The van der Waals surface area contributed by atoms with Crippen molar-refractivity contribution in [3.8, 4) is 0 Å². The summed E-state index contributed by atoms with van der Waals surface area (Å²) in [4.78, 5) is 14.1. The third-order valence-corrected chi connectivity index (χ3v) is 3.78. The number of benzene rings is 1. The maximum atomic E-state index is 12.3. The Morgan fingerprint density at radius 3 is 2.95 bits per heavy atom. The van der Waals surface area contributed by atoms with Gasteiger partial charge in [-0.1, -0.05) is 36.5 Å². The summed E-state index contributed by atoms with van der Waals surface area (Å²) in [6.45, 7) is 2.67. The molecule has 4 nitrogen and oxygen atoms in total. The molecule has 5 heteroatoms. The molecule has 0 unspecified atom stereocenters. The Morgan fingerprint density at radius 2 is 2.25 bits per heavy atom. The zero-order chi connectivity index (χ0) is 14.5. The van der Waals surface area contributed by atoms with E-state index >= 15 is 0 Å². The van der Waals surface area contributed by atoms with Gasteiger partial charge in [0.1, 0.15) is 0 Å². The summed E-state index contributed by atoms with van der Waals surface area (Å²) in [6.07, 6.45) is 4.18. The Labute approximate surface area is 124 Å². The fraction of sp³-hybridized carbons (Fsp3) is 0.467. The van der Waals surface area contributed by atoms with E-state index in [2.05, 4.69) is 12.1 Å². The number of amides is 1. The largest absolute Gasteiger partial charge is 0.411 e. The highest BCUT2D eigenvalue weighted by molar-refractivity contribution is 6.31. The summed E-state index contributed by atoms with van der Waals surface area (Å²) in [5.74, 6) is 0.124. The molecule has 0 aromatic heterocycles. The van der Waals surface area contributed by atoms with E-state index in [4.69, 9.17) is 16.8 Å². The normalized spacial score (nSPS) is 16.3. The van der Waals surface area contributed by atoms with E-state index in [1.165, 1.54) is 0 Å². The van der Waals surface area contributed by atoms with Crippen molar-refractivity contribution < 1.29 is 10.0 Å². The number of halogens is 1. The fourth-order valence-electron chi connectivity index (χ4n) is 2.47. The lowest BCUT2D eigenvalue weighted by Gasteiger charge is -2.30. The van der Waals surface area contributed by atoms with Gasteiger partial charge in [0.2, 0.25) is 5.91 Å². The van der Waals surface area contributed by atoms with E-state index in [1.54, 1.807) is 17.0 Å². The van der Waals surface area contributed by atoms with Crippen LogP contribution in [0.3, 0.4) is 0 Å². The number of carbonyl (C=O) groups excluding carboxylic acids is 1. The van der Waals surface area contributed by atoms with Gasteiger partial charge < -0.3 is 10.1 Å². The Bertz CT molecular complexity index is 529. The molecule has 0 saturated heterocycles. The molecule has 2 rings (SSSR count). The lowest BCUT2D eigenvalue weighted by molar-refractivity contribution is -0.118. The van der Waals surface area contributed by atoms with E-state index < -0.39 is 0 Å². The van der Waals surface area contributed by atoms with Gasteiger partial charge in [-0.15, -0.1) is 0 Å². The molecule has 0 aliphatic carbocycles. The van der Waals surface area contributed by atoms with Crippen LogP contribution in [0.4, 0.5) is 5.69 Å². The first-order chi connectivity index (χ1) is 9.67. The predicted molar refractivity (Wildman–Crippen MR) is 80.9 cm³/mol. The molecule has 0 radical (unpaired) electrons. The van der Waals surface area contributed by atoms with Crippen molar-refractivity contribution in [3.63, 3.8) is 0 Å². The SMILES string of the molecule is CCCCCC(=O)N1CC/C(=N/O)c2cc(Cl)ccc21. The van der Waals surface area contributed by atoms with Gasteiger partial charge in [-0.2, -0.15) is 0 Å². The predicted octanol–water partition coefficient (Wildman–Crippen LogP) is 3.84. The Kier molecular flexibility index (Phi) is 5.01. The van der Waals surface area contributed by atoms with Crippen LogP contribution in [0.2, 0.25) is 5.02 Å². The Balaban J connectivity index is 2.23. The van der Waals surface area contributed by atoms with Gasteiger partial charge in [0.05, 0.1) is 11.4 Å². The van der Waals surface area contributed by atoms with Crippen molar-refractivity contribution in [3.05, 3.63) is 28.8 Å². The lowest BCUT2D eigenvalue weighted by atomic mass is 9.99. The highest BCUT2D eigenvalue weighted by Crippen LogP contribution is 2.30. The summed E-state index contributed by atoms with van der Waals surface area (Å²) in [5.41, 5.74) is 2.12. The first-order valence-electron chi connectivity index (χ1n) is 6.98. The van der Waals surface area contributed by atoms with Gasteiger partial charge >= 0.3 is 0 Å². The number of unbranched alkanes of at least 4 members (excludes halogenated alkanes) is 2. The number of hydrogen-bond acceptors (Lipinski definition) is 3. The van der Waals surface area contributed by atoms with Crippen LogP contribution in [0.1, 0.15) is 44.6 Å². The van der Waals surface area contributed by atoms with Gasteiger partial charge in [0.25, 0.3) is 0 Å². The van der Waals surface area contributed by atoms with Crippen LogP contribution in [0, 0.1) is 0 Å². The minimum atomic E-state index is 0.124. The third kappa shape index (κ3) is 3.12. The van der Waals surface area contributed by atoms with Crippen molar-refractivity contribution >= 4 is 28.9 Å². The zero-order valence-electron chi connectivity index (χ0n) is 11.6. The van der Waals surface area contributed by atoms with Crippen LogP contribution in [0.25, 0.3) is 0 Å². The highest BCUT2D eigenvalue weighted by atomic mass is 35.5. The van der Waals surface area contributed by atoms with Crippen molar-refractivity contribution in [2.24, 2.45) is 5.16 Å². The third-order valence-electron chi connectivity index (χ3n) is 3.55. The summed E-state index contributed by atoms with van der Waals surface area (Å²) >= 11 is 5.99. The molecule has 1 aliphatic heterocycles. The molecule has 1 aliphatic rings. The van der Waals surface area contributed by atoms with Gasteiger partial charge in [-0.05, 0) is 24.6 Å². The van der Waals surface area contributed by atoms with Crippen molar-refractivity contribution in [1.29, 1.82) is 0 Å². The van der Waals surface area contributed by atoms with Crippen molar-refractivity contribution in [2.45, 2.75) is 39.0 Å². The quantitative estimate of drug-likeness (QED) is 0.521. The van der Waals surface area contributed by atoms with Gasteiger partial charge in [-0.3, -0.25) is 4.79 Å². The second-order valence-electron chi connectivity index (χ2n) is 4.96. The molecule has 1 N–H and O–H groups in total. The van der Waals surface area contributed by atoms with Crippen LogP contribution in [0.5, 0.6) is 0 Å². The average Bonchev–Trinajstić information content (AvgIpc) is 2.46. The summed E-state index contributed by atoms with van der Waals surface area (Å²) in [5, 5.41) is 13.0. The van der Waals surface area contributed by atoms with Crippen LogP contribution in [-0.2, 0) is 4.79 Å². The monoisotopic (exact) mass is 294 g/mol. The molecule has 1 aromatic carbocycles. The molecule has 0 spiro atoms. The van der Waals surface area contributed by atoms with E-state index in [-0.39, 0.29) is 5.91 Å². The lowest BCUT2D eigenvalue weighted by Crippen LogP contribution is -2.37. The number of oxime groups is 1. The Morgan fingerprint density at radius 1 is 1.45 bits per heavy atom. The molecular formula is C15H19ClN2O2. The number of carbonyl (C=O) groups is 1. The minimum Gasteiger partial charge on any atom is -0.411 e. The smallest absolute Gasteiger partial charge is 0.227 e. The first kappa shape index (κ1) is 14.9. The van der Waals surface area contributed by atoms with E-state index in [0.29, 0.717) is 30.1 Å². The van der Waals surface area contributed by atoms with Crippen LogP contribution >= 0.6 is 11.6 Å². The summed E-state index contributed by atoms with van der Waals surface area (Å²) < 4.78 is 0. The molecule has 0 fully saturated rings. The van der Waals surface area contributed by atoms with E-state index in [0.717, 1.165) is 30.5 Å². The second kappa shape index (κ2) is 6.75. The van der Waals surface area contributed by atoms with Crippen LogP contribution in [-0.4, -0.2) is 23.4 Å². The summed E-state index contributed by atoms with van der Waals surface area (Å²) in [6, 6.07) is 5.32. The molecular weight excluding hydrogens is 276 g/mol. The molecule has 1 amide bonds. The first-order valence-corrected chi connectivity index (χ1v) is 7.36. The van der Waals surface area contributed by atoms with Gasteiger partial charge in [0.15, 0.2) is 0 Å².